The molecule has 1 heterocycles. The van der Waals surface area contributed by atoms with Crippen LogP contribution < -0.4 is 0 Å². The molecule has 1 saturated heterocycles. The van der Waals surface area contributed by atoms with Crippen molar-refractivity contribution in [3.63, 3.8) is 0 Å². The number of likely N-dealkylation sites (tertiary alicyclic amines) is 1. The van der Waals surface area contributed by atoms with Crippen molar-refractivity contribution in [1.29, 1.82) is 0 Å². The van der Waals surface area contributed by atoms with Crippen molar-refractivity contribution >= 4 is 23.8 Å². The van der Waals surface area contributed by atoms with E-state index in [9.17, 15) is 9.59 Å². The first-order valence-corrected chi connectivity index (χ1v) is 2.98. The molecule has 9 heavy (non-hydrogen) atoms. The van der Waals surface area contributed by atoms with E-state index in [1.807, 2.05) is 0 Å². The highest BCUT2D eigenvalue weighted by Crippen LogP contribution is 2.20. The summed E-state index contributed by atoms with van der Waals surface area (Å²) < 4.78 is 0. The van der Waals surface area contributed by atoms with Crippen LogP contribution in [0.1, 0.15) is 0 Å². The highest BCUT2D eigenvalue weighted by atomic mass is 35.5. The zero-order valence-electron chi connectivity index (χ0n) is 4.87. The van der Waals surface area contributed by atoms with E-state index in [2.05, 4.69) is 0 Å². The molecule has 0 spiro atoms. The van der Waals surface area contributed by atoms with Crippen LogP contribution in [0.2, 0.25) is 0 Å². The molecule has 1 aliphatic rings. The Labute approximate surface area is 57.6 Å². The van der Waals surface area contributed by atoms with Crippen LogP contribution in [-0.2, 0) is 9.59 Å². The first-order chi connectivity index (χ1) is 4.18. The molecule has 0 aromatic carbocycles. The molecule has 0 aromatic rings. The zero-order valence-corrected chi connectivity index (χ0v) is 5.63. The fourth-order valence-electron chi connectivity index (χ4n) is 0.762. The van der Waals surface area contributed by atoms with Crippen molar-refractivity contribution < 1.29 is 9.59 Å². The van der Waals surface area contributed by atoms with Gasteiger partial charge in [-0.3, -0.25) is 4.79 Å². The third-order valence-electron chi connectivity index (χ3n) is 1.47. The standard InChI is InChI=1S/C5H6ClNO2/c1-7-3(2-8)4(6)5(7)9/h2-4H,1H3/t3-,4+/m0/s1. The quantitative estimate of drug-likeness (QED) is 0.288. The molecule has 50 valence electrons. The van der Waals surface area contributed by atoms with E-state index < -0.39 is 11.4 Å². The Morgan fingerprint density at radius 3 is 2.56 bits per heavy atom. The van der Waals surface area contributed by atoms with Crippen molar-refractivity contribution in [2.45, 2.75) is 11.4 Å². The second-order valence-electron chi connectivity index (χ2n) is 1.98. The van der Waals surface area contributed by atoms with Crippen LogP contribution in [-0.4, -0.2) is 35.6 Å². The second kappa shape index (κ2) is 1.99. The Balaban J connectivity index is 2.61. The smallest absolute Gasteiger partial charge is 0.243 e. The summed E-state index contributed by atoms with van der Waals surface area (Å²) in [5, 5.41) is -0.618. The number of alkyl halides is 1. The molecule has 0 aliphatic carbocycles. The van der Waals surface area contributed by atoms with Crippen molar-refractivity contribution in [2.24, 2.45) is 0 Å². The van der Waals surface area contributed by atoms with E-state index in [-0.39, 0.29) is 5.91 Å². The topological polar surface area (TPSA) is 37.4 Å². The fraction of sp³-hybridized carbons (Fsp3) is 0.600. The van der Waals surface area contributed by atoms with E-state index in [0.717, 1.165) is 0 Å². The maximum Gasteiger partial charge on any atom is 0.243 e. The molecule has 0 saturated carbocycles. The van der Waals surface area contributed by atoms with Gasteiger partial charge in [-0.15, -0.1) is 11.6 Å². The van der Waals surface area contributed by atoms with Gasteiger partial charge in [-0.2, -0.15) is 0 Å². The Morgan fingerprint density at radius 2 is 2.33 bits per heavy atom. The van der Waals surface area contributed by atoms with Crippen molar-refractivity contribution in [3.8, 4) is 0 Å². The Kier molecular flexibility index (Phi) is 1.45. The average molecular weight is 148 g/mol. The highest BCUT2D eigenvalue weighted by molar-refractivity contribution is 6.35. The average Bonchev–Trinajstić information content (AvgIpc) is 1.89. The summed E-state index contributed by atoms with van der Waals surface area (Å²) in [4.78, 5) is 22.0. The second-order valence-corrected chi connectivity index (χ2v) is 2.45. The Morgan fingerprint density at radius 1 is 1.78 bits per heavy atom. The van der Waals surface area contributed by atoms with Gasteiger partial charge in [0.1, 0.15) is 17.7 Å². The molecule has 3 nitrogen and oxygen atoms in total. The number of rotatable bonds is 1. The Bertz CT molecular complexity index is 147. The van der Waals surface area contributed by atoms with Gasteiger partial charge in [0, 0.05) is 7.05 Å². The van der Waals surface area contributed by atoms with Gasteiger partial charge in [-0.05, 0) is 0 Å². The van der Waals surface area contributed by atoms with Crippen LogP contribution in [0.15, 0.2) is 0 Å². The van der Waals surface area contributed by atoms with E-state index in [1.165, 1.54) is 4.90 Å². The summed E-state index contributed by atoms with van der Waals surface area (Å²) in [6.07, 6.45) is 0.680. The minimum absolute atomic E-state index is 0.172. The van der Waals surface area contributed by atoms with Crippen LogP contribution in [0.4, 0.5) is 0 Å². The van der Waals surface area contributed by atoms with Crippen LogP contribution in [0.25, 0.3) is 0 Å². The molecule has 0 radical (unpaired) electrons. The fourth-order valence-corrected chi connectivity index (χ4v) is 1.14. The SMILES string of the molecule is CN1C(=O)[C@H](Cl)[C@@H]1C=O. The molecule has 4 heteroatoms. The van der Waals surface area contributed by atoms with Crippen LogP contribution in [0.3, 0.4) is 0 Å². The van der Waals surface area contributed by atoms with Gasteiger partial charge < -0.3 is 9.69 Å². The van der Waals surface area contributed by atoms with Gasteiger partial charge in [0.05, 0.1) is 0 Å². The van der Waals surface area contributed by atoms with Gasteiger partial charge in [0.25, 0.3) is 0 Å². The molecule has 2 atom stereocenters. The lowest BCUT2D eigenvalue weighted by Gasteiger charge is -2.37. The maximum atomic E-state index is 10.6. The molecule has 0 unspecified atom stereocenters. The number of likely N-dealkylation sites (N-methyl/N-ethyl adjacent to an activating group) is 1. The van der Waals surface area contributed by atoms with Crippen LogP contribution in [0, 0.1) is 0 Å². The van der Waals surface area contributed by atoms with Crippen LogP contribution in [0.5, 0.6) is 0 Å². The number of aldehydes is 1. The van der Waals surface area contributed by atoms with Gasteiger partial charge in [-0.25, -0.2) is 0 Å². The molecule has 1 aliphatic heterocycles. The number of hydrogen-bond acceptors (Lipinski definition) is 2. The summed E-state index contributed by atoms with van der Waals surface area (Å²) >= 11 is 5.44. The van der Waals surface area contributed by atoms with Crippen molar-refractivity contribution in [1.82, 2.24) is 4.90 Å². The van der Waals surface area contributed by atoms with E-state index in [0.29, 0.717) is 6.29 Å². The molecular formula is C5H6ClNO2. The predicted octanol–water partition coefficient (Wildman–Crippen LogP) is -0.367. The van der Waals surface area contributed by atoms with Gasteiger partial charge in [0.2, 0.25) is 5.91 Å². The number of carbonyl (C=O) groups excluding carboxylic acids is 2. The lowest BCUT2D eigenvalue weighted by atomic mass is 10.1. The number of β-lactam (4-membered cyclic amide) rings is 1. The molecule has 1 rings (SSSR count). The molecule has 0 aromatic heterocycles. The van der Waals surface area contributed by atoms with Crippen LogP contribution >= 0.6 is 11.6 Å². The maximum absolute atomic E-state index is 10.6. The summed E-state index contributed by atoms with van der Waals surface area (Å²) in [6, 6.07) is -0.404. The Hall–Kier alpha value is -0.570. The molecule has 0 bridgehead atoms. The first-order valence-electron chi connectivity index (χ1n) is 2.54. The van der Waals surface area contributed by atoms with E-state index in [4.69, 9.17) is 11.6 Å². The molecule has 0 N–H and O–H groups in total. The largest absolute Gasteiger partial charge is 0.333 e. The van der Waals surface area contributed by atoms with Gasteiger partial charge in [0.15, 0.2) is 0 Å². The number of nitrogens with zero attached hydrogens (tertiary/aromatic N) is 1. The number of amides is 1. The zero-order chi connectivity index (χ0) is 7.02. The predicted molar refractivity (Wildman–Crippen MR) is 32.3 cm³/mol. The summed E-state index contributed by atoms with van der Waals surface area (Å²) in [5.41, 5.74) is 0. The number of carbonyl (C=O) groups is 2. The van der Waals surface area contributed by atoms with Crippen molar-refractivity contribution in [2.75, 3.05) is 7.05 Å². The summed E-state index contributed by atoms with van der Waals surface area (Å²) in [7, 11) is 1.56. The third kappa shape index (κ3) is 0.721. The molecular weight excluding hydrogens is 142 g/mol. The molecule has 1 amide bonds. The third-order valence-corrected chi connectivity index (χ3v) is 1.91. The molecule has 1 fully saturated rings. The normalized spacial score (nSPS) is 34.0. The van der Waals surface area contributed by atoms with Crippen molar-refractivity contribution in [3.05, 3.63) is 0 Å². The van der Waals surface area contributed by atoms with E-state index in [1.54, 1.807) is 7.05 Å². The summed E-state index contributed by atoms with van der Waals surface area (Å²) in [5.74, 6) is -0.172. The van der Waals surface area contributed by atoms with E-state index >= 15 is 0 Å². The minimum Gasteiger partial charge on any atom is -0.333 e. The van der Waals surface area contributed by atoms with Gasteiger partial charge >= 0.3 is 0 Å². The number of halogens is 1. The first kappa shape index (κ1) is 6.55. The minimum atomic E-state index is -0.618. The van der Waals surface area contributed by atoms with Gasteiger partial charge in [-0.1, -0.05) is 0 Å². The lowest BCUT2D eigenvalue weighted by molar-refractivity contribution is -0.145. The monoisotopic (exact) mass is 147 g/mol. The number of hydrogen-bond donors (Lipinski definition) is 0. The lowest BCUT2D eigenvalue weighted by Crippen LogP contribution is -2.60. The highest BCUT2D eigenvalue weighted by Gasteiger charge is 2.43. The summed E-state index contributed by atoms with van der Waals surface area (Å²) in [6.45, 7) is 0.